The molecule has 2 aliphatic rings. The van der Waals surface area contributed by atoms with Crippen molar-refractivity contribution in [1.29, 1.82) is 0 Å². The minimum Gasteiger partial charge on any atom is -0.349 e. The van der Waals surface area contributed by atoms with Gasteiger partial charge in [0.2, 0.25) is 0 Å². The number of rotatable bonds is 3. The molecule has 2 N–H and O–H groups in total. The van der Waals surface area contributed by atoms with E-state index in [1.807, 2.05) is 29.2 Å². The third-order valence-electron chi connectivity index (χ3n) is 6.45. The number of nitrogens with one attached hydrogen (secondary N) is 2. The van der Waals surface area contributed by atoms with Crippen molar-refractivity contribution < 1.29 is 9.59 Å². The standard InChI is InChI=1S/C23H30N4O3/c1-26-20-10-6-5-9-18(20)19(15-21(26)28)22(29)24-17-11-13-27(14-12-17)23(30)25-16-7-3-2-4-8-16/h5-6,9-10,15-17H,2-4,7-8,11-14H2,1H3,(H,24,29)(H,25,30). The number of carbonyl (C=O) groups is 2. The van der Waals surface area contributed by atoms with Gasteiger partial charge in [0.15, 0.2) is 0 Å². The number of pyridine rings is 1. The third kappa shape index (κ3) is 4.35. The van der Waals surface area contributed by atoms with Gasteiger partial charge in [-0.05, 0) is 31.7 Å². The number of amides is 3. The number of aryl methyl sites for hydroxylation is 1. The number of carbonyl (C=O) groups excluding carboxylic acids is 2. The molecule has 0 unspecified atom stereocenters. The van der Waals surface area contributed by atoms with E-state index in [4.69, 9.17) is 0 Å². The molecule has 3 amide bonds. The molecule has 2 heterocycles. The summed E-state index contributed by atoms with van der Waals surface area (Å²) in [6.45, 7) is 1.25. The fraction of sp³-hybridized carbons (Fsp3) is 0.522. The maximum atomic E-state index is 12.9. The number of nitrogens with zero attached hydrogens (tertiary/aromatic N) is 2. The van der Waals surface area contributed by atoms with Gasteiger partial charge in [0, 0.05) is 43.7 Å². The second kappa shape index (κ2) is 8.90. The Bertz CT molecular complexity index is 986. The van der Waals surface area contributed by atoms with Gasteiger partial charge < -0.3 is 20.1 Å². The number of piperidine rings is 1. The number of urea groups is 1. The second-order valence-electron chi connectivity index (χ2n) is 8.49. The van der Waals surface area contributed by atoms with E-state index in [1.54, 1.807) is 11.6 Å². The predicted octanol–water partition coefficient (Wildman–Crippen LogP) is 2.78. The molecule has 30 heavy (non-hydrogen) atoms. The van der Waals surface area contributed by atoms with Crippen molar-refractivity contribution in [3.8, 4) is 0 Å². The smallest absolute Gasteiger partial charge is 0.317 e. The maximum Gasteiger partial charge on any atom is 0.317 e. The fourth-order valence-electron chi connectivity index (χ4n) is 4.60. The second-order valence-corrected chi connectivity index (χ2v) is 8.49. The third-order valence-corrected chi connectivity index (χ3v) is 6.45. The zero-order valence-electron chi connectivity index (χ0n) is 17.5. The number of benzene rings is 1. The molecule has 2 aromatic rings. The lowest BCUT2D eigenvalue weighted by Crippen LogP contribution is -2.51. The van der Waals surface area contributed by atoms with Crippen LogP contribution in [0.5, 0.6) is 0 Å². The topological polar surface area (TPSA) is 83.4 Å². The average Bonchev–Trinajstić information content (AvgIpc) is 2.77. The van der Waals surface area contributed by atoms with Crippen LogP contribution in [0.3, 0.4) is 0 Å². The minimum absolute atomic E-state index is 0.000879. The highest BCUT2D eigenvalue weighted by Crippen LogP contribution is 2.19. The molecule has 0 atom stereocenters. The predicted molar refractivity (Wildman–Crippen MR) is 117 cm³/mol. The van der Waals surface area contributed by atoms with Gasteiger partial charge in [-0.15, -0.1) is 0 Å². The van der Waals surface area contributed by atoms with Gasteiger partial charge in [0.1, 0.15) is 0 Å². The molecule has 1 aliphatic carbocycles. The van der Waals surface area contributed by atoms with Crippen molar-refractivity contribution >= 4 is 22.8 Å². The Morgan fingerprint density at radius 2 is 1.60 bits per heavy atom. The molecule has 0 bridgehead atoms. The summed E-state index contributed by atoms with van der Waals surface area (Å²) in [4.78, 5) is 39.6. The largest absolute Gasteiger partial charge is 0.349 e. The highest BCUT2D eigenvalue weighted by Gasteiger charge is 2.26. The van der Waals surface area contributed by atoms with Crippen molar-refractivity contribution in [3.05, 3.63) is 46.2 Å². The first-order valence-electron chi connectivity index (χ1n) is 11.0. The number of fused-ring (bicyclic) bond motifs is 1. The summed E-state index contributed by atoms with van der Waals surface area (Å²) in [6.07, 6.45) is 7.22. The number of para-hydroxylation sites is 1. The Morgan fingerprint density at radius 3 is 2.33 bits per heavy atom. The molecule has 4 rings (SSSR count). The number of hydrogen-bond acceptors (Lipinski definition) is 3. The Hall–Kier alpha value is -2.83. The summed E-state index contributed by atoms with van der Waals surface area (Å²) in [5, 5.41) is 7.00. The van der Waals surface area contributed by atoms with E-state index in [0.717, 1.165) is 23.7 Å². The van der Waals surface area contributed by atoms with E-state index in [2.05, 4.69) is 10.6 Å². The molecular formula is C23H30N4O3. The minimum atomic E-state index is -0.228. The first-order chi connectivity index (χ1) is 14.5. The van der Waals surface area contributed by atoms with Crippen molar-refractivity contribution in [2.24, 2.45) is 7.05 Å². The zero-order valence-corrected chi connectivity index (χ0v) is 17.5. The van der Waals surface area contributed by atoms with Gasteiger partial charge in [0.25, 0.3) is 11.5 Å². The Kier molecular flexibility index (Phi) is 6.06. The van der Waals surface area contributed by atoms with E-state index in [9.17, 15) is 14.4 Å². The van der Waals surface area contributed by atoms with Crippen LogP contribution in [-0.2, 0) is 7.05 Å². The summed E-state index contributed by atoms with van der Waals surface area (Å²) in [6, 6.07) is 9.16. The van der Waals surface area contributed by atoms with Gasteiger partial charge in [-0.2, -0.15) is 0 Å². The van der Waals surface area contributed by atoms with Crippen molar-refractivity contribution in [1.82, 2.24) is 20.1 Å². The van der Waals surface area contributed by atoms with E-state index < -0.39 is 0 Å². The SMILES string of the molecule is Cn1c(=O)cc(C(=O)NC2CCN(C(=O)NC3CCCCC3)CC2)c2ccccc21. The maximum absolute atomic E-state index is 12.9. The first-order valence-corrected chi connectivity index (χ1v) is 11.0. The first kappa shape index (κ1) is 20.4. The van der Waals surface area contributed by atoms with Gasteiger partial charge in [-0.1, -0.05) is 37.5 Å². The molecule has 2 fully saturated rings. The summed E-state index contributed by atoms with van der Waals surface area (Å²) < 4.78 is 1.55. The summed E-state index contributed by atoms with van der Waals surface area (Å²) in [7, 11) is 1.71. The summed E-state index contributed by atoms with van der Waals surface area (Å²) in [5.41, 5.74) is 0.948. The zero-order chi connectivity index (χ0) is 21.1. The lowest BCUT2D eigenvalue weighted by molar-refractivity contribution is 0.0919. The van der Waals surface area contributed by atoms with E-state index in [-0.39, 0.29) is 23.5 Å². The number of hydrogen-bond donors (Lipinski definition) is 2. The summed E-state index contributed by atoms with van der Waals surface area (Å²) >= 11 is 0. The molecular weight excluding hydrogens is 380 g/mol. The summed E-state index contributed by atoms with van der Waals surface area (Å²) in [5.74, 6) is -0.228. The molecule has 1 aromatic heterocycles. The van der Waals surface area contributed by atoms with E-state index >= 15 is 0 Å². The van der Waals surface area contributed by atoms with Crippen LogP contribution >= 0.6 is 0 Å². The van der Waals surface area contributed by atoms with Gasteiger partial charge >= 0.3 is 6.03 Å². The van der Waals surface area contributed by atoms with Gasteiger partial charge in [-0.25, -0.2) is 4.79 Å². The van der Waals surface area contributed by atoms with Gasteiger partial charge in [0.05, 0.1) is 11.1 Å². The van der Waals surface area contributed by atoms with Gasteiger partial charge in [-0.3, -0.25) is 9.59 Å². The Labute approximate surface area is 176 Å². The quantitative estimate of drug-likeness (QED) is 0.816. The monoisotopic (exact) mass is 410 g/mol. The lowest BCUT2D eigenvalue weighted by Gasteiger charge is -2.34. The van der Waals surface area contributed by atoms with Crippen LogP contribution < -0.4 is 16.2 Å². The Morgan fingerprint density at radius 1 is 0.933 bits per heavy atom. The van der Waals surface area contributed by atoms with Crippen LogP contribution in [0.15, 0.2) is 35.1 Å². The van der Waals surface area contributed by atoms with Crippen LogP contribution in [0.25, 0.3) is 10.9 Å². The van der Waals surface area contributed by atoms with Crippen LogP contribution in [0.1, 0.15) is 55.3 Å². The highest BCUT2D eigenvalue weighted by molar-refractivity contribution is 6.06. The number of likely N-dealkylation sites (tertiary alicyclic amines) is 1. The molecule has 1 aromatic carbocycles. The fourth-order valence-corrected chi connectivity index (χ4v) is 4.60. The molecule has 7 nitrogen and oxygen atoms in total. The normalized spacial score (nSPS) is 18.4. The molecule has 1 saturated carbocycles. The van der Waals surface area contributed by atoms with Crippen LogP contribution in [0.4, 0.5) is 4.79 Å². The van der Waals surface area contributed by atoms with Crippen molar-refractivity contribution in [3.63, 3.8) is 0 Å². The van der Waals surface area contributed by atoms with Crippen LogP contribution in [0.2, 0.25) is 0 Å². The van der Waals surface area contributed by atoms with Crippen molar-refractivity contribution in [2.75, 3.05) is 13.1 Å². The van der Waals surface area contributed by atoms with Crippen LogP contribution in [0, 0.1) is 0 Å². The molecule has 1 saturated heterocycles. The van der Waals surface area contributed by atoms with E-state index in [1.165, 1.54) is 25.3 Å². The Balaban J connectivity index is 1.36. The number of aromatic nitrogens is 1. The van der Waals surface area contributed by atoms with Crippen LogP contribution in [-0.4, -0.2) is 46.6 Å². The molecule has 1 aliphatic heterocycles. The average molecular weight is 411 g/mol. The molecule has 160 valence electrons. The molecule has 7 heteroatoms. The lowest BCUT2D eigenvalue weighted by atomic mass is 9.95. The highest BCUT2D eigenvalue weighted by atomic mass is 16.2. The van der Waals surface area contributed by atoms with Crippen molar-refractivity contribution in [2.45, 2.75) is 57.0 Å². The van der Waals surface area contributed by atoms with E-state index in [0.29, 0.717) is 37.5 Å². The molecule has 0 radical (unpaired) electrons. The molecule has 0 spiro atoms.